The Hall–Kier alpha value is -1.27. The van der Waals surface area contributed by atoms with Crippen LogP contribution in [0.5, 0.6) is 0 Å². The number of hydrogen-bond acceptors (Lipinski definition) is 4. The monoisotopic (exact) mass is 295 g/mol. The average molecular weight is 296 g/mol. The summed E-state index contributed by atoms with van der Waals surface area (Å²) in [6.45, 7) is 2.95. The van der Waals surface area contributed by atoms with Crippen molar-refractivity contribution in [3.63, 3.8) is 0 Å². The molecule has 0 aromatic carbocycles. The van der Waals surface area contributed by atoms with Crippen LogP contribution in [0.2, 0.25) is 0 Å². The summed E-state index contributed by atoms with van der Waals surface area (Å²) in [5.74, 6) is 0.854. The van der Waals surface area contributed by atoms with Crippen LogP contribution in [0.15, 0.2) is 29.3 Å². The van der Waals surface area contributed by atoms with Crippen LogP contribution in [0.1, 0.15) is 24.4 Å². The molecular weight excluding hydrogens is 282 g/mol. The molecule has 17 heavy (non-hydrogen) atoms. The Morgan fingerprint density at radius 3 is 3.00 bits per heavy atom. The third-order valence-corrected chi connectivity index (χ3v) is 2.85. The van der Waals surface area contributed by atoms with E-state index in [4.69, 9.17) is 0 Å². The van der Waals surface area contributed by atoms with E-state index in [9.17, 15) is 0 Å². The maximum Gasteiger partial charge on any atom is 0.141 e. The molecule has 2 aromatic heterocycles. The number of nitrogens with zero attached hydrogens (tertiary/aromatic N) is 3. The van der Waals surface area contributed by atoms with Gasteiger partial charge in [0.25, 0.3) is 0 Å². The number of pyridine rings is 1. The first-order valence-electron chi connectivity index (χ1n) is 5.47. The van der Waals surface area contributed by atoms with Crippen molar-refractivity contribution in [3.8, 4) is 0 Å². The van der Waals surface area contributed by atoms with Crippen molar-refractivity contribution in [2.24, 2.45) is 0 Å². The molecule has 0 aliphatic rings. The number of aromatic nitrogens is 4. The molecule has 0 aliphatic heterocycles. The molecule has 1 atom stereocenters. The van der Waals surface area contributed by atoms with Gasteiger partial charge in [0.2, 0.25) is 0 Å². The molecule has 0 aliphatic carbocycles. The number of likely N-dealkylation sites (N-methyl/N-ethyl adjacent to an activating group) is 1. The van der Waals surface area contributed by atoms with E-state index in [-0.39, 0.29) is 6.04 Å². The van der Waals surface area contributed by atoms with Gasteiger partial charge in [0.05, 0.1) is 6.04 Å². The second-order valence-electron chi connectivity index (χ2n) is 3.70. The molecule has 1 unspecified atom stereocenters. The molecule has 0 saturated carbocycles. The maximum absolute atomic E-state index is 4.19. The number of rotatable bonds is 5. The van der Waals surface area contributed by atoms with Gasteiger partial charge in [-0.05, 0) is 40.5 Å². The van der Waals surface area contributed by atoms with E-state index in [2.05, 4.69) is 54.4 Å². The fourth-order valence-electron chi connectivity index (χ4n) is 1.70. The molecule has 5 nitrogen and oxygen atoms in total. The lowest BCUT2D eigenvalue weighted by Crippen LogP contribution is -2.24. The zero-order valence-corrected chi connectivity index (χ0v) is 11.1. The van der Waals surface area contributed by atoms with Gasteiger partial charge in [0.15, 0.2) is 0 Å². The summed E-state index contributed by atoms with van der Waals surface area (Å²) in [6.07, 6.45) is 6.00. The van der Waals surface area contributed by atoms with Gasteiger partial charge in [-0.15, -0.1) is 0 Å². The van der Waals surface area contributed by atoms with Crippen LogP contribution in [0, 0.1) is 0 Å². The van der Waals surface area contributed by atoms with Crippen LogP contribution in [0.4, 0.5) is 0 Å². The Kier molecular flexibility index (Phi) is 4.22. The van der Waals surface area contributed by atoms with Gasteiger partial charge in [-0.3, -0.25) is 10.1 Å². The molecule has 2 aromatic rings. The SMILES string of the molecule is CCNC(Cc1cncc(Br)c1)c1ncn[nH]1. The van der Waals surface area contributed by atoms with Crippen LogP contribution in [0.25, 0.3) is 0 Å². The first-order valence-corrected chi connectivity index (χ1v) is 6.27. The van der Waals surface area contributed by atoms with E-state index in [0.717, 1.165) is 28.8 Å². The highest BCUT2D eigenvalue weighted by molar-refractivity contribution is 9.10. The molecule has 0 amide bonds. The summed E-state index contributed by atoms with van der Waals surface area (Å²) < 4.78 is 0.989. The second kappa shape index (κ2) is 5.88. The summed E-state index contributed by atoms with van der Waals surface area (Å²) in [5.41, 5.74) is 1.15. The van der Waals surface area contributed by atoms with Gasteiger partial charge in [0, 0.05) is 16.9 Å². The first-order chi connectivity index (χ1) is 8.29. The van der Waals surface area contributed by atoms with Crippen molar-refractivity contribution in [1.82, 2.24) is 25.5 Å². The number of halogens is 1. The lowest BCUT2D eigenvalue weighted by molar-refractivity contribution is 0.522. The van der Waals surface area contributed by atoms with Crippen molar-refractivity contribution in [2.45, 2.75) is 19.4 Å². The molecule has 90 valence electrons. The second-order valence-corrected chi connectivity index (χ2v) is 4.61. The summed E-state index contributed by atoms with van der Waals surface area (Å²) in [4.78, 5) is 8.35. The minimum atomic E-state index is 0.138. The summed E-state index contributed by atoms with van der Waals surface area (Å²) >= 11 is 3.42. The maximum atomic E-state index is 4.19. The minimum absolute atomic E-state index is 0.138. The van der Waals surface area contributed by atoms with Gasteiger partial charge in [-0.25, -0.2) is 4.98 Å². The van der Waals surface area contributed by atoms with Gasteiger partial charge in [-0.1, -0.05) is 6.92 Å². The Balaban J connectivity index is 2.13. The molecule has 0 bridgehead atoms. The quantitative estimate of drug-likeness (QED) is 0.884. The zero-order valence-electron chi connectivity index (χ0n) is 9.52. The molecule has 0 spiro atoms. The highest BCUT2D eigenvalue weighted by atomic mass is 79.9. The molecule has 0 saturated heterocycles. The van der Waals surface area contributed by atoms with Crippen LogP contribution >= 0.6 is 15.9 Å². The van der Waals surface area contributed by atoms with E-state index in [1.165, 1.54) is 6.33 Å². The highest BCUT2D eigenvalue weighted by Gasteiger charge is 2.14. The van der Waals surface area contributed by atoms with Gasteiger partial charge in [0.1, 0.15) is 12.2 Å². The Bertz CT molecular complexity index is 457. The molecule has 2 N–H and O–H groups in total. The Morgan fingerprint density at radius 1 is 1.47 bits per heavy atom. The molecular formula is C11H14BrN5. The van der Waals surface area contributed by atoms with Crippen LogP contribution in [0.3, 0.4) is 0 Å². The highest BCUT2D eigenvalue weighted by Crippen LogP contribution is 2.16. The standard InChI is InChI=1S/C11H14BrN5/c1-2-14-10(11-15-7-16-17-11)4-8-3-9(12)6-13-5-8/h3,5-7,10,14H,2,4H2,1H3,(H,15,16,17). The van der Waals surface area contributed by atoms with E-state index in [0.29, 0.717) is 0 Å². The smallest absolute Gasteiger partial charge is 0.141 e. The Labute approximate surface area is 108 Å². The number of nitrogens with one attached hydrogen (secondary N) is 2. The predicted molar refractivity (Wildman–Crippen MR) is 68.4 cm³/mol. The predicted octanol–water partition coefficient (Wildman–Crippen LogP) is 1.86. The molecule has 2 rings (SSSR count). The first kappa shape index (κ1) is 12.2. The molecule has 0 fully saturated rings. The van der Waals surface area contributed by atoms with E-state index < -0.39 is 0 Å². The molecule has 2 heterocycles. The zero-order chi connectivity index (χ0) is 12.1. The van der Waals surface area contributed by atoms with Crippen molar-refractivity contribution in [3.05, 3.63) is 40.6 Å². The van der Waals surface area contributed by atoms with Crippen LogP contribution < -0.4 is 5.32 Å². The van der Waals surface area contributed by atoms with Crippen LogP contribution in [-0.4, -0.2) is 26.7 Å². The third-order valence-electron chi connectivity index (χ3n) is 2.42. The van der Waals surface area contributed by atoms with Crippen molar-refractivity contribution < 1.29 is 0 Å². The topological polar surface area (TPSA) is 66.5 Å². The van der Waals surface area contributed by atoms with Crippen LogP contribution in [-0.2, 0) is 6.42 Å². The molecule has 0 radical (unpaired) electrons. The lowest BCUT2D eigenvalue weighted by Gasteiger charge is -2.14. The number of aromatic amines is 1. The number of hydrogen-bond donors (Lipinski definition) is 2. The fraction of sp³-hybridized carbons (Fsp3) is 0.364. The summed E-state index contributed by atoms with van der Waals surface area (Å²) in [5, 5.41) is 10.2. The van der Waals surface area contributed by atoms with E-state index in [1.54, 1.807) is 6.20 Å². The summed E-state index contributed by atoms with van der Waals surface area (Å²) in [7, 11) is 0. The van der Waals surface area contributed by atoms with Gasteiger partial charge in [-0.2, -0.15) is 5.10 Å². The Morgan fingerprint density at radius 2 is 2.35 bits per heavy atom. The average Bonchev–Trinajstić information content (AvgIpc) is 2.82. The molecule has 6 heteroatoms. The van der Waals surface area contributed by atoms with Crippen molar-refractivity contribution >= 4 is 15.9 Å². The fourth-order valence-corrected chi connectivity index (χ4v) is 2.11. The lowest BCUT2D eigenvalue weighted by atomic mass is 10.1. The largest absolute Gasteiger partial charge is 0.307 e. The number of H-pyrrole nitrogens is 1. The van der Waals surface area contributed by atoms with E-state index >= 15 is 0 Å². The minimum Gasteiger partial charge on any atom is -0.307 e. The third kappa shape index (κ3) is 3.34. The normalized spacial score (nSPS) is 12.6. The van der Waals surface area contributed by atoms with Crippen molar-refractivity contribution in [2.75, 3.05) is 6.54 Å². The van der Waals surface area contributed by atoms with Gasteiger partial charge < -0.3 is 5.32 Å². The van der Waals surface area contributed by atoms with Gasteiger partial charge >= 0.3 is 0 Å². The van der Waals surface area contributed by atoms with E-state index in [1.807, 2.05) is 6.20 Å². The summed E-state index contributed by atoms with van der Waals surface area (Å²) in [6, 6.07) is 2.20. The van der Waals surface area contributed by atoms with Crippen molar-refractivity contribution in [1.29, 1.82) is 0 Å².